The van der Waals surface area contributed by atoms with Crippen LogP contribution in [0.4, 0.5) is 0 Å². The van der Waals surface area contributed by atoms with Crippen molar-refractivity contribution in [2.24, 2.45) is 0 Å². The Morgan fingerprint density at radius 1 is 1.12 bits per heavy atom. The molecule has 2 aliphatic rings. The Bertz CT molecular complexity index is 218. The second-order valence-corrected chi connectivity index (χ2v) is 2.91. The SMILES string of the molecule is C[C-]=CCC.[C-]1=CC=CC1.[C-]1=CC=CC1.[Cl-].[Zr+4]. The molecule has 0 spiro atoms. The zero-order valence-corrected chi connectivity index (χ0v) is 13.8. The third-order valence-corrected chi connectivity index (χ3v) is 1.58. The van der Waals surface area contributed by atoms with E-state index in [2.05, 4.69) is 37.3 Å². The molecule has 17 heavy (non-hydrogen) atoms. The van der Waals surface area contributed by atoms with Gasteiger partial charge in [-0.3, -0.25) is 18.2 Å². The van der Waals surface area contributed by atoms with Crippen LogP contribution in [0.15, 0.2) is 42.5 Å². The van der Waals surface area contributed by atoms with Gasteiger partial charge in [0.15, 0.2) is 0 Å². The number of hydrogen-bond donors (Lipinski definition) is 0. The molecule has 0 amide bonds. The van der Waals surface area contributed by atoms with Crippen LogP contribution in [0.5, 0.6) is 0 Å². The zero-order valence-electron chi connectivity index (χ0n) is 10.5. The maximum absolute atomic E-state index is 2.99. The fourth-order valence-electron chi connectivity index (χ4n) is 0.885. The summed E-state index contributed by atoms with van der Waals surface area (Å²) in [6.45, 7) is 4.00. The maximum atomic E-state index is 2.99. The molecule has 0 bridgehead atoms. The van der Waals surface area contributed by atoms with Crippen LogP contribution >= 0.6 is 0 Å². The molecule has 0 N–H and O–H groups in total. The molecular weight excluding hydrogens is 307 g/mol. The molecule has 0 aromatic rings. The topological polar surface area (TPSA) is 0 Å². The quantitative estimate of drug-likeness (QED) is 0.639. The standard InChI is InChI=1S/2C5H5.C5H9.ClH.Zr/c2*1-2-4-5-3-1;1-3-5-4-2;;/h2*1-3H,4H2;5H,3H2,1-2H3;1H;/q3*-1;;+4/p-1. The van der Waals surface area contributed by atoms with E-state index in [9.17, 15) is 0 Å². The summed E-state index contributed by atoms with van der Waals surface area (Å²) < 4.78 is 0. The van der Waals surface area contributed by atoms with Crippen LogP contribution in [0.3, 0.4) is 0 Å². The second-order valence-electron chi connectivity index (χ2n) is 2.91. The van der Waals surface area contributed by atoms with Gasteiger partial charge in [-0.15, -0.1) is 12.8 Å². The van der Waals surface area contributed by atoms with Gasteiger partial charge in [0.25, 0.3) is 0 Å². The summed E-state index contributed by atoms with van der Waals surface area (Å²) in [5, 5.41) is 0. The Morgan fingerprint density at radius 3 is 1.65 bits per heavy atom. The van der Waals surface area contributed by atoms with Crippen LogP contribution in [0, 0.1) is 18.2 Å². The third-order valence-electron chi connectivity index (χ3n) is 1.58. The molecule has 0 fully saturated rings. The number of allylic oxidation sites excluding steroid dienone is 10. The van der Waals surface area contributed by atoms with Crippen LogP contribution in [-0.4, -0.2) is 0 Å². The smallest absolute Gasteiger partial charge is 1.00 e. The van der Waals surface area contributed by atoms with Gasteiger partial charge in [0, 0.05) is 0 Å². The normalized spacial score (nSPS) is 13.3. The average Bonchev–Trinajstić information content (AvgIpc) is 2.99. The Balaban J connectivity index is -0.000000163. The molecule has 0 aromatic heterocycles. The average molecular weight is 326 g/mol. The number of rotatable bonds is 1. The molecule has 0 saturated carbocycles. The van der Waals surface area contributed by atoms with Crippen molar-refractivity contribution in [1.29, 1.82) is 0 Å². The summed E-state index contributed by atoms with van der Waals surface area (Å²) in [5.74, 6) is 0. The first-order valence-corrected chi connectivity index (χ1v) is 5.34. The molecule has 0 aliphatic heterocycles. The minimum absolute atomic E-state index is 0. The first-order chi connectivity index (χ1) is 7.41. The van der Waals surface area contributed by atoms with Gasteiger partial charge < -0.3 is 18.5 Å². The van der Waals surface area contributed by atoms with E-state index in [4.69, 9.17) is 0 Å². The second kappa shape index (κ2) is 21.2. The van der Waals surface area contributed by atoms with E-state index in [1.807, 2.05) is 37.3 Å². The Labute approximate surface area is 132 Å². The molecule has 0 nitrogen and oxygen atoms in total. The number of halogens is 1. The summed E-state index contributed by atoms with van der Waals surface area (Å²) >= 11 is 0. The van der Waals surface area contributed by atoms with Crippen molar-refractivity contribution in [1.82, 2.24) is 0 Å². The maximum Gasteiger partial charge on any atom is 4.00 e. The van der Waals surface area contributed by atoms with Crippen molar-refractivity contribution in [3.63, 3.8) is 0 Å². The molecule has 0 radical (unpaired) electrons. The molecule has 0 atom stereocenters. The molecule has 2 heteroatoms. The fourth-order valence-corrected chi connectivity index (χ4v) is 0.885. The Morgan fingerprint density at radius 2 is 1.59 bits per heavy atom. The van der Waals surface area contributed by atoms with Crippen LogP contribution in [0.1, 0.15) is 33.1 Å². The van der Waals surface area contributed by atoms with Gasteiger partial charge in [-0.05, 0) is 0 Å². The molecular formula is C15H19ClZr. The zero-order chi connectivity index (χ0) is 11.2. The summed E-state index contributed by atoms with van der Waals surface area (Å²) in [6, 6.07) is 0. The molecule has 0 unspecified atom stereocenters. The van der Waals surface area contributed by atoms with Crippen LogP contribution in [-0.2, 0) is 26.2 Å². The monoisotopic (exact) mass is 324 g/mol. The van der Waals surface area contributed by atoms with Crippen molar-refractivity contribution in [3.8, 4) is 0 Å². The minimum atomic E-state index is 0. The molecule has 0 saturated heterocycles. The fraction of sp³-hybridized carbons (Fsp3) is 0.333. The minimum Gasteiger partial charge on any atom is -1.00 e. The third kappa shape index (κ3) is 21.7. The van der Waals surface area contributed by atoms with Crippen molar-refractivity contribution in [2.75, 3.05) is 0 Å². The van der Waals surface area contributed by atoms with Gasteiger partial charge in [-0.2, -0.15) is 19.1 Å². The van der Waals surface area contributed by atoms with E-state index in [1.54, 1.807) is 0 Å². The molecule has 0 heterocycles. The summed E-state index contributed by atoms with van der Waals surface area (Å²) in [5.41, 5.74) is 0. The Kier molecular flexibility index (Phi) is 27.5. The first kappa shape index (κ1) is 22.1. The van der Waals surface area contributed by atoms with E-state index < -0.39 is 0 Å². The van der Waals surface area contributed by atoms with Gasteiger partial charge in [0.05, 0.1) is 0 Å². The predicted octanol–water partition coefficient (Wildman–Crippen LogP) is 1.39. The number of hydrogen-bond acceptors (Lipinski definition) is 0. The van der Waals surface area contributed by atoms with E-state index in [1.165, 1.54) is 0 Å². The van der Waals surface area contributed by atoms with Crippen molar-refractivity contribution < 1.29 is 38.6 Å². The van der Waals surface area contributed by atoms with E-state index in [0.29, 0.717) is 0 Å². The summed E-state index contributed by atoms with van der Waals surface area (Å²) in [4.78, 5) is 0. The van der Waals surface area contributed by atoms with Crippen LogP contribution in [0.25, 0.3) is 0 Å². The van der Waals surface area contributed by atoms with Crippen LogP contribution < -0.4 is 12.4 Å². The van der Waals surface area contributed by atoms with Crippen molar-refractivity contribution in [3.05, 3.63) is 60.8 Å². The first-order valence-electron chi connectivity index (χ1n) is 5.34. The van der Waals surface area contributed by atoms with Gasteiger partial charge in [-0.1, -0.05) is 13.3 Å². The van der Waals surface area contributed by atoms with Gasteiger partial charge in [0.1, 0.15) is 0 Å². The molecule has 2 rings (SSSR count). The Hall–Kier alpha value is -0.127. The van der Waals surface area contributed by atoms with Gasteiger partial charge in [0.2, 0.25) is 0 Å². The van der Waals surface area contributed by atoms with Gasteiger partial charge in [-0.25, -0.2) is 24.3 Å². The largest absolute Gasteiger partial charge is 4.00 e. The van der Waals surface area contributed by atoms with E-state index in [0.717, 1.165) is 19.3 Å². The van der Waals surface area contributed by atoms with E-state index >= 15 is 0 Å². The van der Waals surface area contributed by atoms with E-state index in [-0.39, 0.29) is 38.6 Å². The molecule has 0 aromatic carbocycles. The van der Waals surface area contributed by atoms with Crippen molar-refractivity contribution in [2.45, 2.75) is 33.1 Å². The summed E-state index contributed by atoms with van der Waals surface area (Å²) in [6.07, 6.45) is 26.0. The van der Waals surface area contributed by atoms with Gasteiger partial charge >= 0.3 is 26.2 Å². The summed E-state index contributed by atoms with van der Waals surface area (Å²) in [7, 11) is 0. The molecule has 2 aliphatic carbocycles. The van der Waals surface area contributed by atoms with Crippen LogP contribution in [0.2, 0.25) is 0 Å². The predicted molar refractivity (Wildman–Crippen MR) is 66.9 cm³/mol. The van der Waals surface area contributed by atoms with Crippen molar-refractivity contribution >= 4 is 0 Å². The molecule has 90 valence electrons.